The van der Waals surface area contributed by atoms with Gasteiger partial charge < -0.3 is 10.5 Å². The minimum absolute atomic E-state index is 0.152. The van der Waals surface area contributed by atoms with Crippen LogP contribution in [0.4, 0.5) is 13.2 Å². The number of ether oxygens (including phenoxy) is 1. The molecule has 1 unspecified atom stereocenters. The third kappa shape index (κ3) is 3.57. The Labute approximate surface area is 149 Å². The first-order chi connectivity index (χ1) is 12.3. The molecule has 26 heavy (non-hydrogen) atoms. The lowest BCUT2D eigenvalue weighted by Gasteiger charge is -2.10. The highest BCUT2D eigenvalue weighted by Crippen LogP contribution is 2.33. The Balaban J connectivity index is 2.11. The lowest BCUT2D eigenvalue weighted by Crippen LogP contribution is -2.07. The molecule has 0 amide bonds. The van der Waals surface area contributed by atoms with Gasteiger partial charge in [0.2, 0.25) is 0 Å². The van der Waals surface area contributed by atoms with E-state index in [9.17, 15) is 13.2 Å². The predicted octanol–water partition coefficient (Wildman–Crippen LogP) is 4.59. The van der Waals surface area contributed by atoms with Crippen molar-refractivity contribution < 1.29 is 17.9 Å². The van der Waals surface area contributed by atoms with Crippen LogP contribution in [0.15, 0.2) is 54.6 Å². The van der Waals surface area contributed by atoms with E-state index in [1.807, 2.05) is 6.92 Å². The summed E-state index contributed by atoms with van der Waals surface area (Å²) in [6, 6.07) is 14.7. The van der Waals surface area contributed by atoms with Gasteiger partial charge in [0, 0.05) is 11.6 Å². The molecule has 0 aliphatic heterocycles. The number of alkyl halides is 3. The van der Waals surface area contributed by atoms with E-state index in [1.165, 1.54) is 11.8 Å². The normalized spacial score (nSPS) is 12.8. The Kier molecular flexibility index (Phi) is 4.73. The van der Waals surface area contributed by atoms with E-state index in [1.54, 1.807) is 48.5 Å². The second kappa shape index (κ2) is 6.84. The molecular formula is C19H18F3N3O. The maximum absolute atomic E-state index is 13.2. The molecule has 3 aromatic rings. The van der Waals surface area contributed by atoms with Crippen molar-refractivity contribution in [3.8, 4) is 22.7 Å². The summed E-state index contributed by atoms with van der Waals surface area (Å²) in [5, 5.41) is 3.77. The Hall–Kier alpha value is -2.80. The summed E-state index contributed by atoms with van der Waals surface area (Å²) in [5.74, 6) is 0.611. The standard InChI is InChI=1S/C19H18F3N3O/c1-12(23)13-3-5-14(6-4-13)17-11-18(19(20,21)22)24-25(17)15-7-9-16(26-2)10-8-15/h3-12H,23H2,1-2H3. The molecule has 0 spiro atoms. The van der Waals surface area contributed by atoms with Gasteiger partial charge in [0.05, 0.1) is 18.5 Å². The molecule has 1 aromatic heterocycles. The van der Waals surface area contributed by atoms with Gasteiger partial charge in [-0.15, -0.1) is 0 Å². The zero-order chi connectivity index (χ0) is 18.9. The molecule has 0 saturated carbocycles. The molecule has 2 N–H and O–H groups in total. The number of hydrogen-bond donors (Lipinski definition) is 1. The molecule has 0 saturated heterocycles. The van der Waals surface area contributed by atoms with Gasteiger partial charge in [-0.05, 0) is 42.8 Å². The number of aromatic nitrogens is 2. The van der Waals surface area contributed by atoms with Gasteiger partial charge in [-0.25, -0.2) is 4.68 Å². The van der Waals surface area contributed by atoms with Crippen molar-refractivity contribution in [3.05, 3.63) is 65.9 Å². The second-order valence-electron chi connectivity index (χ2n) is 5.93. The summed E-state index contributed by atoms with van der Waals surface area (Å²) >= 11 is 0. The molecule has 1 heterocycles. The van der Waals surface area contributed by atoms with Crippen LogP contribution in [0.25, 0.3) is 16.9 Å². The molecule has 136 valence electrons. The van der Waals surface area contributed by atoms with E-state index >= 15 is 0 Å². The largest absolute Gasteiger partial charge is 0.497 e. The summed E-state index contributed by atoms with van der Waals surface area (Å²) in [5.41, 5.74) is 7.26. The van der Waals surface area contributed by atoms with E-state index in [-0.39, 0.29) is 6.04 Å². The number of benzene rings is 2. The Morgan fingerprint density at radius 3 is 2.15 bits per heavy atom. The zero-order valence-electron chi connectivity index (χ0n) is 14.3. The van der Waals surface area contributed by atoms with Crippen LogP contribution in [0.3, 0.4) is 0 Å². The molecule has 0 aliphatic carbocycles. The fraction of sp³-hybridized carbons (Fsp3) is 0.211. The van der Waals surface area contributed by atoms with Crippen LogP contribution >= 0.6 is 0 Å². The highest BCUT2D eigenvalue weighted by Gasteiger charge is 2.35. The van der Waals surface area contributed by atoms with E-state index in [0.717, 1.165) is 11.6 Å². The van der Waals surface area contributed by atoms with Gasteiger partial charge in [0.1, 0.15) is 5.75 Å². The van der Waals surface area contributed by atoms with E-state index in [0.29, 0.717) is 22.7 Å². The number of rotatable bonds is 4. The van der Waals surface area contributed by atoms with Gasteiger partial charge in [-0.1, -0.05) is 24.3 Å². The Morgan fingerprint density at radius 2 is 1.65 bits per heavy atom. The Bertz CT molecular complexity index is 882. The minimum atomic E-state index is -4.53. The number of nitrogens with zero attached hydrogens (tertiary/aromatic N) is 2. The Morgan fingerprint density at radius 1 is 1.04 bits per heavy atom. The average Bonchev–Trinajstić information content (AvgIpc) is 3.07. The molecule has 7 heteroatoms. The summed E-state index contributed by atoms with van der Waals surface area (Å²) in [6.07, 6.45) is -4.53. The van der Waals surface area contributed by atoms with Gasteiger partial charge in [-0.3, -0.25) is 0 Å². The van der Waals surface area contributed by atoms with Crippen LogP contribution in [0, 0.1) is 0 Å². The van der Waals surface area contributed by atoms with Gasteiger partial charge in [-0.2, -0.15) is 18.3 Å². The van der Waals surface area contributed by atoms with Crippen molar-refractivity contribution in [1.29, 1.82) is 0 Å². The molecule has 4 nitrogen and oxygen atoms in total. The molecule has 0 fully saturated rings. The SMILES string of the molecule is COc1ccc(-n2nc(C(F)(F)F)cc2-c2ccc(C(C)N)cc2)cc1. The smallest absolute Gasteiger partial charge is 0.435 e. The van der Waals surface area contributed by atoms with Gasteiger partial charge in [0.15, 0.2) is 5.69 Å². The predicted molar refractivity (Wildman–Crippen MR) is 93.2 cm³/mol. The van der Waals surface area contributed by atoms with Crippen molar-refractivity contribution in [2.75, 3.05) is 7.11 Å². The highest BCUT2D eigenvalue weighted by atomic mass is 19.4. The van der Waals surface area contributed by atoms with Crippen molar-refractivity contribution in [1.82, 2.24) is 9.78 Å². The fourth-order valence-corrected chi connectivity index (χ4v) is 2.60. The molecule has 3 rings (SSSR count). The van der Waals surface area contributed by atoms with Crippen LogP contribution in [-0.4, -0.2) is 16.9 Å². The van der Waals surface area contributed by atoms with Crippen molar-refractivity contribution in [2.24, 2.45) is 5.73 Å². The lowest BCUT2D eigenvalue weighted by molar-refractivity contribution is -0.141. The molecule has 0 bridgehead atoms. The van der Waals surface area contributed by atoms with Crippen molar-refractivity contribution in [2.45, 2.75) is 19.1 Å². The first kappa shape index (κ1) is 18.0. The third-order valence-corrected chi connectivity index (χ3v) is 4.05. The first-order valence-corrected chi connectivity index (χ1v) is 7.97. The summed E-state index contributed by atoms with van der Waals surface area (Å²) in [4.78, 5) is 0. The van der Waals surface area contributed by atoms with Crippen LogP contribution in [0.2, 0.25) is 0 Å². The van der Waals surface area contributed by atoms with Gasteiger partial charge in [0.25, 0.3) is 0 Å². The maximum Gasteiger partial charge on any atom is 0.435 e. The highest BCUT2D eigenvalue weighted by molar-refractivity contribution is 5.63. The fourth-order valence-electron chi connectivity index (χ4n) is 2.60. The molecule has 2 aromatic carbocycles. The molecule has 0 radical (unpaired) electrons. The zero-order valence-corrected chi connectivity index (χ0v) is 14.3. The quantitative estimate of drug-likeness (QED) is 0.740. The van der Waals surface area contributed by atoms with E-state index < -0.39 is 11.9 Å². The number of halogens is 3. The maximum atomic E-state index is 13.2. The topological polar surface area (TPSA) is 53.1 Å². The van der Waals surface area contributed by atoms with Crippen LogP contribution in [0.1, 0.15) is 24.2 Å². The molecule has 1 atom stereocenters. The third-order valence-electron chi connectivity index (χ3n) is 4.05. The van der Waals surface area contributed by atoms with Crippen molar-refractivity contribution in [3.63, 3.8) is 0 Å². The van der Waals surface area contributed by atoms with Crippen molar-refractivity contribution >= 4 is 0 Å². The second-order valence-corrected chi connectivity index (χ2v) is 5.93. The summed E-state index contributed by atoms with van der Waals surface area (Å²) in [7, 11) is 1.52. The van der Waals surface area contributed by atoms with E-state index in [4.69, 9.17) is 10.5 Å². The number of methoxy groups -OCH3 is 1. The minimum Gasteiger partial charge on any atom is -0.497 e. The first-order valence-electron chi connectivity index (χ1n) is 7.97. The number of hydrogen-bond acceptors (Lipinski definition) is 3. The number of nitrogens with two attached hydrogens (primary N) is 1. The van der Waals surface area contributed by atoms with E-state index in [2.05, 4.69) is 5.10 Å². The molecule has 0 aliphatic rings. The summed E-state index contributed by atoms with van der Waals surface area (Å²) < 4.78 is 45.9. The van der Waals surface area contributed by atoms with Gasteiger partial charge >= 0.3 is 6.18 Å². The van der Waals surface area contributed by atoms with Crippen LogP contribution in [0.5, 0.6) is 5.75 Å². The van der Waals surface area contributed by atoms with Crippen LogP contribution in [-0.2, 0) is 6.18 Å². The monoisotopic (exact) mass is 361 g/mol. The average molecular weight is 361 g/mol. The lowest BCUT2D eigenvalue weighted by atomic mass is 10.0. The summed E-state index contributed by atoms with van der Waals surface area (Å²) in [6.45, 7) is 1.85. The molecular weight excluding hydrogens is 343 g/mol. The van der Waals surface area contributed by atoms with Crippen LogP contribution < -0.4 is 10.5 Å².